The number of carbonyl (C=O) groups excluding carboxylic acids is 1. The number of benzene rings is 2. The first-order valence-corrected chi connectivity index (χ1v) is 7.69. The number of rotatable bonds is 5. The van der Waals surface area contributed by atoms with Crippen molar-refractivity contribution < 1.29 is 4.79 Å². The minimum absolute atomic E-state index is 0.229. The SMILES string of the molecule is Cc1ccc(Nc2nccc(C(=O)NCc3ccccc3)n2)cc1. The second kappa shape index (κ2) is 7.37. The third kappa shape index (κ3) is 4.16. The van der Waals surface area contributed by atoms with Crippen molar-refractivity contribution in [2.75, 3.05) is 5.32 Å². The van der Waals surface area contributed by atoms with E-state index < -0.39 is 0 Å². The molecule has 1 heterocycles. The standard InChI is InChI=1S/C19H18N4O/c1-14-7-9-16(10-8-14)22-19-20-12-11-17(23-19)18(24)21-13-15-5-3-2-4-6-15/h2-12H,13H2,1H3,(H,21,24)(H,20,22,23). The van der Waals surface area contributed by atoms with Crippen molar-refractivity contribution in [2.24, 2.45) is 0 Å². The molecule has 0 aliphatic carbocycles. The first kappa shape index (κ1) is 15.7. The van der Waals surface area contributed by atoms with Crippen LogP contribution in [0, 0.1) is 6.92 Å². The summed E-state index contributed by atoms with van der Waals surface area (Å²) < 4.78 is 0. The normalized spacial score (nSPS) is 10.2. The van der Waals surface area contributed by atoms with Crippen molar-refractivity contribution in [3.63, 3.8) is 0 Å². The molecule has 5 heteroatoms. The summed E-state index contributed by atoms with van der Waals surface area (Å²) in [6.45, 7) is 2.49. The molecule has 0 radical (unpaired) electrons. The quantitative estimate of drug-likeness (QED) is 0.756. The molecule has 0 aliphatic rings. The Balaban J connectivity index is 1.65. The minimum Gasteiger partial charge on any atom is -0.347 e. The maximum absolute atomic E-state index is 12.2. The number of hydrogen-bond donors (Lipinski definition) is 2. The van der Waals surface area contributed by atoms with E-state index in [-0.39, 0.29) is 5.91 Å². The van der Waals surface area contributed by atoms with Gasteiger partial charge in [0.2, 0.25) is 5.95 Å². The Bertz CT molecular complexity index is 816. The van der Waals surface area contributed by atoms with Gasteiger partial charge in [-0.2, -0.15) is 0 Å². The van der Waals surface area contributed by atoms with Crippen LogP contribution in [0.1, 0.15) is 21.6 Å². The fraction of sp³-hybridized carbons (Fsp3) is 0.105. The van der Waals surface area contributed by atoms with Gasteiger partial charge in [0.05, 0.1) is 0 Å². The van der Waals surface area contributed by atoms with Crippen molar-refractivity contribution >= 4 is 17.5 Å². The lowest BCUT2D eigenvalue weighted by Crippen LogP contribution is -2.24. The average molecular weight is 318 g/mol. The van der Waals surface area contributed by atoms with Gasteiger partial charge >= 0.3 is 0 Å². The molecule has 1 aromatic heterocycles. The van der Waals surface area contributed by atoms with Crippen LogP contribution in [0.3, 0.4) is 0 Å². The summed E-state index contributed by atoms with van der Waals surface area (Å²) in [5.74, 6) is 0.166. The molecule has 0 fully saturated rings. The highest BCUT2D eigenvalue weighted by atomic mass is 16.1. The molecule has 120 valence electrons. The van der Waals surface area contributed by atoms with Gasteiger partial charge in [0.1, 0.15) is 5.69 Å². The van der Waals surface area contributed by atoms with E-state index in [9.17, 15) is 4.79 Å². The summed E-state index contributed by atoms with van der Waals surface area (Å²) in [6.07, 6.45) is 1.57. The zero-order chi connectivity index (χ0) is 16.8. The van der Waals surface area contributed by atoms with Crippen LogP contribution in [0.25, 0.3) is 0 Å². The summed E-state index contributed by atoms with van der Waals surface area (Å²) in [5.41, 5.74) is 3.42. The van der Waals surface area contributed by atoms with Gasteiger partial charge in [-0.3, -0.25) is 4.79 Å². The molecule has 0 bridgehead atoms. The van der Waals surface area contributed by atoms with E-state index in [1.807, 2.05) is 61.5 Å². The lowest BCUT2D eigenvalue weighted by molar-refractivity contribution is 0.0946. The van der Waals surface area contributed by atoms with Crippen molar-refractivity contribution in [2.45, 2.75) is 13.5 Å². The van der Waals surface area contributed by atoms with Crippen molar-refractivity contribution in [1.82, 2.24) is 15.3 Å². The first-order valence-electron chi connectivity index (χ1n) is 7.69. The summed E-state index contributed by atoms with van der Waals surface area (Å²) in [7, 11) is 0. The van der Waals surface area contributed by atoms with Crippen LogP contribution in [0.4, 0.5) is 11.6 Å². The molecule has 1 amide bonds. The van der Waals surface area contributed by atoms with Crippen LogP contribution in [0.2, 0.25) is 0 Å². The van der Waals surface area contributed by atoms with Gasteiger partial charge in [-0.1, -0.05) is 48.0 Å². The topological polar surface area (TPSA) is 66.9 Å². The molecule has 2 N–H and O–H groups in total. The molecule has 0 unspecified atom stereocenters. The Morgan fingerprint density at radius 1 is 1.00 bits per heavy atom. The van der Waals surface area contributed by atoms with Crippen LogP contribution in [0.5, 0.6) is 0 Å². The van der Waals surface area contributed by atoms with Gasteiger partial charge in [0.25, 0.3) is 5.91 Å². The van der Waals surface area contributed by atoms with E-state index in [1.54, 1.807) is 12.3 Å². The van der Waals surface area contributed by atoms with Gasteiger partial charge in [-0.15, -0.1) is 0 Å². The Kier molecular flexibility index (Phi) is 4.81. The summed E-state index contributed by atoms with van der Waals surface area (Å²) in [6, 6.07) is 19.2. The summed E-state index contributed by atoms with van der Waals surface area (Å²) >= 11 is 0. The third-order valence-corrected chi connectivity index (χ3v) is 3.49. The van der Waals surface area contributed by atoms with E-state index in [1.165, 1.54) is 5.56 Å². The highest BCUT2D eigenvalue weighted by Crippen LogP contribution is 2.13. The fourth-order valence-corrected chi connectivity index (χ4v) is 2.18. The Hall–Kier alpha value is -3.21. The largest absolute Gasteiger partial charge is 0.347 e. The van der Waals surface area contributed by atoms with Crippen LogP contribution in [-0.2, 0) is 6.54 Å². The van der Waals surface area contributed by atoms with E-state index in [0.29, 0.717) is 18.2 Å². The zero-order valence-electron chi connectivity index (χ0n) is 13.4. The molecule has 0 saturated heterocycles. The number of aromatic nitrogens is 2. The summed E-state index contributed by atoms with van der Waals surface area (Å²) in [4.78, 5) is 20.7. The van der Waals surface area contributed by atoms with Crippen molar-refractivity contribution in [3.05, 3.63) is 83.7 Å². The van der Waals surface area contributed by atoms with Crippen LogP contribution >= 0.6 is 0 Å². The van der Waals surface area contributed by atoms with Crippen LogP contribution < -0.4 is 10.6 Å². The number of nitrogens with one attached hydrogen (secondary N) is 2. The zero-order valence-corrected chi connectivity index (χ0v) is 13.4. The van der Waals surface area contributed by atoms with Gasteiger partial charge in [-0.25, -0.2) is 9.97 Å². The van der Waals surface area contributed by atoms with Gasteiger partial charge in [0, 0.05) is 18.4 Å². The monoisotopic (exact) mass is 318 g/mol. The van der Waals surface area contributed by atoms with Crippen molar-refractivity contribution in [1.29, 1.82) is 0 Å². The number of carbonyl (C=O) groups is 1. The number of hydrogen-bond acceptors (Lipinski definition) is 4. The number of amides is 1. The first-order chi connectivity index (χ1) is 11.7. The Morgan fingerprint density at radius 3 is 2.50 bits per heavy atom. The maximum Gasteiger partial charge on any atom is 0.270 e. The van der Waals surface area contributed by atoms with Crippen molar-refractivity contribution in [3.8, 4) is 0 Å². The second-order valence-electron chi connectivity index (χ2n) is 5.42. The predicted molar refractivity (Wildman–Crippen MR) is 94.1 cm³/mol. The van der Waals surface area contributed by atoms with E-state index in [2.05, 4.69) is 20.6 Å². The molecule has 5 nitrogen and oxygen atoms in total. The van der Waals surface area contributed by atoms with Gasteiger partial charge < -0.3 is 10.6 Å². The molecule has 3 rings (SSSR count). The van der Waals surface area contributed by atoms with Crippen LogP contribution in [0.15, 0.2) is 66.9 Å². The molecule has 0 spiro atoms. The van der Waals surface area contributed by atoms with Gasteiger partial charge in [0.15, 0.2) is 0 Å². The predicted octanol–water partition coefficient (Wildman–Crippen LogP) is 3.46. The van der Waals surface area contributed by atoms with E-state index >= 15 is 0 Å². The highest BCUT2D eigenvalue weighted by Gasteiger charge is 2.08. The van der Waals surface area contributed by atoms with Crippen LogP contribution in [-0.4, -0.2) is 15.9 Å². The molecule has 3 aromatic rings. The third-order valence-electron chi connectivity index (χ3n) is 3.49. The van der Waals surface area contributed by atoms with Gasteiger partial charge in [-0.05, 0) is 30.7 Å². The highest BCUT2D eigenvalue weighted by molar-refractivity contribution is 5.92. The second-order valence-corrected chi connectivity index (χ2v) is 5.42. The molecule has 0 saturated carbocycles. The fourth-order valence-electron chi connectivity index (χ4n) is 2.18. The Labute approximate surface area is 140 Å². The van der Waals surface area contributed by atoms with E-state index in [0.717, 1.165) is 11.3 Å². The average Bonchev–Trinajstić information content (AvgIpc) is 2.63. The molecule has 24 heavy (non-hydrogen) atoms. The number of aryl methyl sites for hydroxylation is 1. The summed E-state index contributed by atoms with van der Waals surface area (Å²) in [5, 5.41) is 5.95. The molecule has 2 aromatic carbocycles. The minimum atomic E-state index is -0.229. The number of anilines is 2. The lowest BCUT2D eigenvalue weighted by atomic mass is 10.2. The number of nitrogens with zero attached hydrogens (tertiary/aromatic N) is 2. The smallest absolute Gasteiger partial charge is 0.270 e. The maximum atomic E-state index is 12.2. The molecular weight excluding hydrogens is 300 g/mol. The molecule has 0 atom stereocenters. The lowest BCUT2D eigenvalue weighted by Gasteiger charge is -2.08. The molecule has 0 aliphatic heterocycles. The molecular formula is C19H18N4O. The Morgan fingerprint density at radius 2 is 1.75 bits per heavy atom. The van der Waals surface area contributed by atoms with E-state index in [4.69, 9.17) is 0 Å².